The van der Waals surface area contributed by atoms with Gasteiger partial charge in [-0.25, -0.2) is 4.79 Å². The molecule has 7 heteroatoms. The second-order valence-corrected chi connectivity index (χ2v) is 9.74. The van der Waals surface area contributed by atoms with Gasteiger partial charge in [0.05, 0.1) is 17.9 Å². The van der Waals surface area contributed by atoms with Crippen molar-refractivity contribution in [1.82, 2.24) is 19.6 Å². The smallest absolute Gasteiger partial charge is 0.407 e. The van der Waals surface area contributed by atoms with E-state index in [1.54, 1.807) is 7.05 Å². The maximum atomic E-state index is 11.0. The lowest BCUT2D eigenvalue weighted by Crippen LogP contribution is -2.34. The third kappa shape index (κ3) is 4.87. The first-order valence-electron chi connectivity index (χ1n) is 10.4. The predicted octanol–water partition coefficient (Wildman–Crippen LogP) is 3.30. The van der Waals surface area contributed by atoms with E-state index < -0.39 is 6.09 Å². The van der Waals surface area contributed by atoms with Gasteiger partial charge in [0.25, 0.3) is 0 Å². The summed E-state index contributed by atoms with van der Waals surface area (Å²) in [6, 6.07) is 0. The zero-order valence-corrected chi connectivity index (χ0v) is 18.1. The minimum atomic E-state index is -0.885. The minimum absolute atomic E-state index is 0.0904. The molecule has 1 spiro atoms. The summed E-state index contributed by atoms with van der Waals surface area (Å²) in [5.41, 5.74) is 2.87. The molecule has 1 saturated heterocycles. The molecule has 3 rings (SSSR count). The molecule has 2 fully saturated rings. The Morgan fingerprint density at radius 1 is 1.32 bits per heavy atom. The molecule has 0 atom stereocenters. The molecule has 158 valence electrons. The van der Waals surface area contributed by atoms with Crippen LogP contribution in [0.3, 0.4) is 0 Å². The minimum Gasteiger partial charge on any atom is -0.465 e. The number of aryl methyl sites for hydroxylation is 1. The first-order valence-corrected chi connectivity index (χ1v) is 10.4. The van der Waals surface area contributed by atoms with Gasteiger partial charge in [-0.1, -0.05) is 13.8 Å². The molecular formula is C21H36N4O3. The Balaban J connectivity index is 1.59. The van der Waals surface area contributed by atoms with Gasteiger partial charge in [-0.2, -0.15) is 5.10 Å². The van der Waals surface area contributed by atoms with Crippen LogP contribution in [-0.4, -0.2) is 70.2 Å². The third-order valence-electron chi connectivity index (χ3n) is 6.37. The molecule has 0 unspecified atom stereocenters. The van der Waals surface area contributed by atoms with Crippen molar-refractivity contribution in [3.8, 4) is 0 Å². The van der Waals surface area contributed by atoms with Crippen molar-refractivity contribution in [3.63, 3.8) is 0 Å². The molecule has 1 aliphatic heterocycles. The number of rotatable bonds is 6. The van der Waals surface area contributed by atoms with Crippen LogP contribution in [0.15, 0.2) is 6.20 Å². The van der Waals surface area contributed by atoms with Gasteiger partial charge in [0.1, 0.15) is 0 Å². The summed E-state index contributed by atoms with van der Waals surface area (Å²) in [5, 5.41) is 13.8. The molecule has 1 amide bonds. The van der Waals surface area contributed by atoms with Crippen molar-refractivity contribution in [2.24, 2.45) is 12.5 Å². The molecule has 7 nitrogen and oxygen atoms in total. The van der Waals surface area contributed by atoms with Crippen LogP contribution in [0, 0.1) is 5.41 Å². The van der Waals surface area contributed by atoms with Crippen molar-refractivity contribution >= 4 is 6.09 Å². The van der Waals surface area contributed by atoms with Crippen LogP contribution in [0.2, 0.25) is 0 Å². The van der Waals surface area contributed by atoms with Gasteiger partial charge >= 0.3 is 6.09 Å². The van der Waals surface area contributed by atoms with Crippen molar-refractivity contribution in [1.29, 1.82) is 0 Å². The lowest BCUT2D eigenvalue weighted by atomic mass is 9.72. The maximum absolute atomic E-state index is 11.0. The Morgan fingerprint density at radius 2 is 2.00 bits per heavy atom. The number of nitrogens with zero attached hydrogens (tertiary/aromatic N) is 4. The van der Waals surface area contributed by atoms with E-state index in [4.69, 9.17) is 14.9 Å². The second-order valence-electron chi connectivity index (χ2n) is 9.74. The zero-order chi connectivity index (χ0) is 20.5. The summed E-state index contributed by atoms with van der Waals surface area (Å²) in [7, 11) is 5.63. The van der Waals surface area contributed by atoms with Gasteiger partial charge in [0.15, 0.2) is 0 Å². The summed E-state index contributed by atoms with van der Waals surface area (Å²) in [6.07, 6.45) is 6.90. The highest BCUT2D eigenvalue weighted by atomic mass is 16.5. The first kappa shape index (κ1) is 21.1. The molecule has 2 aliphatic rings. The van der Waals surface area contributed by atoms with Gasteiger partial charge in [-0.05, 0) is 44.6 Å². The van der Waals surface area contributed by atoms with Crippen LogP contribution in [0.25, 0.3) is 0 Å². The number of hydrogen-bond acceptors (Lipinski definition) is 4. The lowest BCUT2D eigenvalue weighted by molar-refractivity contribution is -0.0296. The van der Waals surface area contributed by atoms with Crippen molar-refractivity contribution in [2.75, 3.05) is 33.8 Å². The quantitative estimate of drug-likeness (QED) is 0.804. The van der Waals surface area contributed by atoms with Gasteiger partial charge in [-0.3, -0.25) is 4.68 Å². The first-order chi connectivity index (χ1) is 13.1. The van der Waals surface area contributed by atoms with Crippen LogP contribution in [0.5, 0.6) is 0 Å². The Morgan fingerprint density at radius 3 is 2.57 bits per heavy atom. The molecule has 0 bridgehead atoms. The largest absolute Gasteiger partial charge is 0.465 e. The Bertz CT molecular complexity index is 692. The van der Waals surface area contributed by atoms with Crippen molar-refractivity contribution in [3.05, 3.63) is 17.5 Å². The average molecular weight is 393 g/mol. The molecule has 1 aromatic heterocycles. The van der Waals surface area contributed by atoms with E-state index in [-0.39, 0.29) is 5.60 Å². The third-order valence-corrected chi connectivity index (χ3v) is 6.37. The highest BCUT2D eigenvalue weighted by Gasteiger charge is 2.46. The zero-order valence-electron chi connectivity index (χ0n) is 18.1. The van der Waals surface area contributed by atoms with E-state index in [2.05, 4.69) is 24.9 Å². The Hall–Kier alpha value is -1.60. The summed E-state index contributed by atoms with van der Waals surface area (Å²) in [6.45, 7) is 7.49. The van der Waals surface area contributed by atoms with Gasteiger partial charge in [0.2, 0.25) is 0 Å². The van der Waals surface area contributed by atoms with Crippen LogP contribution in [0.4, 0.5) is 4.79 Å². The molecule has 1 N–H and O–H groups in total. The molecule has 0 aromatic carbocycles. The molecule has 2 heterocycles. The molecule has 1 aromatic rings. The highest BCUT2D eigenvalue weighted by Crippen LogP contribution is 2.49. The second kappa shape index (κ2) is 8.03. The van der Waals surface area contributed by atoms with E-state index in [0.29, 0.717) is 24.4 Å². The van der Waals surface area contributed by atoms with Gasteiger partial charge in [0, 0.05) is 51.4 Å². The SMILES string of the molecule is CN(CCN(C)C(=O)O)Cc1cn(C)nc1[C@H]1CC[C@]2(CC1)CC(C)(C)CO2. The van der Waals surface area contributed by atoms with Gasteiger partial charge in [-0.15, -0.1) is 0 Å². The van der Waals surface area contributed by atoms with Crippen molar-refractivity contribution in [2.45, 2.75) is 64.0 Å². The number of aromatic nitrogens is 2. The van der Waals surface area contributed by atoms with E-state index in [1.807, 2.05) is 18.8 Å². The van der Waals surface area contributed by atoms with E-state index in [9.17, 15) is 4.79 Å². The van der Waals surface area contributed by atoms with Crippen molar-refractivity contribution < 1.29 is 14.6 Å². The number of carbonyl (C=O) groups is 1. The summed E-state index contributed by atoms with van der Waals surface area (Å²) < 4.78 is 8.19. The normalized spacial score (nSPS) is 26.9. The highest BCUT2D eigenvalue weighted by molar-refractivity contribution is 5.64. The topological polar surface area (TPSA) is 70.8 Å². The molecule has 1 saturated carbocycles. The summed E-state index contributed by atoms with van der Waals surface area (Å²) in [5.74, 6) is 0.490. The average Bonchev–Trinajstić information content (AvgIpc) is 3.12. The molecule has 1 aliphatic carbocycles. The van der Waals surface area contributed by atoms with E-state index in [0.717, 1.165) is 38.8 Å². The van der Waals surface area contributed by atoms with Crippen LogP contribution in [0.1, 0.15) is 63.1 Å². The lowest BCUT2D eigenvalue weighted by Gasteiger charge is -2.37. The summed E-state index contributed by atoms with van der Waals surface area (Å²) >= 11 is 0. The molecule has 0 radical (unpaired) electrons. The van der Waals surface area contributed by atoms with Crippen LogP contribution in [-0.2, 0) is 18.3 Å². The Labute approximate surface area is 168 Å². The van der Waals surface area contributed by atoms with Crippen LogP contribution >= 0.6 is 0 Å². The monoisotopic (exact) mass is 392 g/mol. The fourth-order valence-electron chi connectivity index (χ4n) is 4.87. The standard InChI is InChI=1S/C21H36N4O3/c1-20(2)14-21(28-15-20)8-6-16(7-9-21)18-17(13-25(5)22-18)12-23(3)10-11-24(4)19(26)27/h13,16H,6-12,14-15H2,1-5H3,(H,26,27)/t16-,21-. The fraction of sp³-hybridized carbons (Fsp3) is 0.810. The number of carboxylic acid groups (broad SMARTS) is 1. The number of likely N-dealkylation sites (N-methyl/N-ethyl adjacent to an activating group) is 2. The van der Waals surface area contributed by atoms with Gasteiger partial charge < -0.3 is 19.6 Å². The predicted molar refractivity (Wildman–Crippen MR) is 108 cm³/mol. The fourth-order valence-corrected chi connectivity index (χ4v) is 4.87. The van der Waals surface area contributed by atoms with E-state index in [1.165, 1.54) is 22.6 Å². The molecular weight excluding hydrogens is 356 g/mol. The summed E-state index contributed by atoms with van der Waals surface area (Å²) in [4.78, 5) is 14.5. The Kier molecular flexibility index (Phi) is 6.05. The number of hydrogen-bond donors (Lipinski definition) is 1. The molecule has 28 heavy (non-hydrogen) atoms. The number of amides is 1. The van der Waals surface area contributed by atoms with Crippen LogP contribution < -0.4 is 0 Å². The van der Waals surface area contributed by atoms with E-state index >= 15 is 0 Å². The maximum Gasteiger partial charge on any atom is 0.407 e. The number of ether oxygens (including phenoxy) is 1.